The average Bonchev–Trinajstić information content (AvgIpc) is 3.46. The van der Waals surface area contributed by atoms with E-state index < -0.39 is 16.1 Å². The van der Waals surface area contributed by atoms with Crippen molar-refractivity contribution in [1.82, 2.24) is 24.3 Å². The fourth-order valence-corrected chi connectivity index (χ4v) is 6.39. The van der Waals surface area contributed by atoms with Crippen molar-refractivity contribution in [2.45, 2.75) is 69.9 Å². The molecule has 0 spiro atoms. The monoisotopic (exact) mass is 642 g/mol. The van der Waals surface area contributed by atoms with Gasteiger partial charge in [-0.05, 0) is 76.1 Å². The summed E-state index contributed by atoms with van der Waals surface area (Å²) < 4.78 is 42.8. The molecule has 2 N–H and O–H groups in total. The quantitative estimate of drug-likeness (QED) is 0.359. The van der Waals surface area contributed by atoms with Crippen molar-refractivity contribution in [3.8, 4) is 5.75 Å². The van der Waals surface area contributed by atoms with Crippen molar-refractivity contribution >= 4 is 21.6 Å². The van der Waals surface area contributed by atoms with Gasteiger partial charge in [-0.1, -0.05) is 6.92 Å². The van der Waals surface area contributed by atoms with Gasteiger partial charge in [0.1, 0.15) is 5.75 Å². The predicted molar refractivity (Wildman–Crippen MR) is 171 cm³/mol. The summed E-state index contributed by atoms with van der Waals surface area (Å²) in [7, 11) is -0.266. The first-order valence-electron chi connectivity index (χ1n) is 15.4. The Hall–Kier alpha value is -3.52. The highest BCUT2D eigenvalue weighted by Gasteiger charge is 2.31. The molecule has 45 heavy (non-hydrogen) atoms. The van der Waals surface area contributed by atoms with Gasteiger partial charge in [-0.15, -0.1) is 0 Å². The van der Waals surface area contributed by atoms with Crippen molar-refractivity contribution in [1.29, 1.82) is 0 Å². The number of rotatable bonds is 9. The van der Waals surface area contributed by atoms with Crippen LogP contribution in [-0.4, -0.2) is 95.4 Å². The standard InChI is InChI=1S/C32H46N6O6S/c1-23-17-38(24(2)21-39)32(40)28-16-27(35-45(41,42)31-20-37(5)22-34-31)9-10-29(28)44-25(3)8-6-7-15-43-30(23)19-36(4)18-26-11-13-33-14-12-26/h9-14,16,20,22-25,30,35,39H,6-8,15,17-19,21H2,1-5H3/t23-,24-,25-,30-/m0/s1. The fraction of sp³-hybridized carbons (Fsp3) is 0.531. The Morgan fingerprint density at radius 3 is 2.62 bits per heavy atom. The first kappa shape index (κ1) is 34.4. The molecular weight excluding hydrogens is 596 g/mol. The zero-order valence-corrected chi connectivity index (χ0v) is 27.6. The lowest BCUT2D eigenvalue weighted by molar-refractivity contribution is -0.0177. The SMILES string of the molecule is C[C@H]1CCCCO[C@@H](CN(C)Cc2ccncc2)[C@@H](C)CN([C@@H](C)CO)C(=O)c2cc(NS(=O)(=O)c3cn(C)cn3)ccc2O1. The molecule has 1 amide bonds. The van der Waals surface area contributed by atoms with Crippen molar-refractivity contribution in [2.24, 2.45) is 13.0 Å². The smallest absolute Gasteiger partial charge is 0.280 e. The lowest BCUT2D eigenvalue weighted by atomic mass is 10.0. The first-order valence-corrected chi connectivity index (χ1v) is 16.9. The second-order valence-corrected chi connectivity index (χ2v) is 13.7. The van der Waals surface area contributed by atoms with Gasteiger partial charge in [0, 0.05) is 63.5 Å². The number of nitrogens with one attached hydrogen (secondary N) is 1. The van der Waals surface area contributed by atoms with Gasteiger partial charge in [0.15, 0.2) is 5.03 Å². The summed E-state index contributed by atoms with van der Waals surface area (Å²) >= 11 is 0. The van der Waals surface area contributed by atoms with Crippen LogP contribution in [0.5, 0.6) is 5.75 Å². The summed E-state index contributed by atoms with van der Waals surface area (Å²) in [5, 5.41) is 10.1. The van der Waals surface area contributed by atoms with Crippen LogP contribution >= 0.6 is 0 Å². The van der Waals surface area contributed by atoms with Crippen LogP contribution < -0.4 is 9.46 Å². The van der Waals surface area contributed by atoms with Gasteiger partial charge < -0.3 is 24.0 Å². The minimum absolute atomic E-state index is 0.0834. The minimum atomic E-state index is -3.99. The maximum Gasteiger partial charge on any atom is 0.280 e. The average molecular weight is 643 g/mol. The molecule has 0 saturated heterocycles. The second-order valence-electron chi connectivity index (χ2n) is 12.0. The van der Waals surface area contributed by atoms with Crippen LogP contribution in [-0.2, 0) is 28.4 Å². The third kappa shape index (κ3) is 9.49. The van der Waals surface area contributed by atoms with Crippen molar-refractivity contribution in [3.63, 3.8) is 0 Å². The molecule has 3 heterocycles. The number of anilines is 1. The molecule has 4 rings (SSSR count). The van der Waals surface area contributed by atoms with E-state index in [4.69, 9.17) is 9.47 Å². The van der Waals surface area contributed by atoms with Gasteiger partial charge in [0.25, 0.3) is 15.9 Å². The molecule has 0 fully saturated rings. The number of likely N-dealkylation sites (N-methyl/N-ethyl adjacent to an activating group) is 1. The highest BCUT2D eigenvalue weighted by atomic mass is 32.2. The lowest BCUT2D eigenvalue weighted by Gasteiger charge is -2.36. The van der Waals surface area contributed by atoms with E-state index in [0.29, 0.717) is 25.4 Å². The zero-order valence-electron chi connectivity index (χ0n) is 26.8. The number of aliphatic hydroxyl groups is 1. The number of pyridine rings is 1. The summed E-state index contributed by atoms with van der Waals surface area (Å²) in [6, 6.07) is 8.16. The highest BCUT2D eigenvalue weighted by Crippen LogP contribution is 2.29. The van der Waals surface area contributed by atoms with Gasteiger partial charge in [0.05, 0.1) is 36.7 Å². The molecule has 2 aromatic heterocycles. The molecule has 0 bridgehead atoms. The number of imidazole rings is 1. The summed E-state index contributed by atoms with van der Waals surface area (Å²) in [5.41, 5.74) is 1.56. The Bertz CT molecular complexity index is 1500. The number of hydrogen-bond acceptors (Lipinski definition) is 9. The fourth-order valence-electron chi connectivity index (χ4n) is 5.36. The number of ether oxygens (including phenoxy) is 2. The Labute approximate surface area is 266 Å². The van der Waals surface area contributed by atoms with Gasteiger partial charge in [-0.25, -0.2) is 4.98 Å². The molecule has 1 aliphatic heterocycles. The van der Waals surface area contributed by atoms with Crippen LogP contribution in [0.25, 0.3) is 0 Å². The molecule has 3 aromatic rings. The topological polar surface area (TPSA) is 139 Å². The van der Waals surface area contributed by atoms with Crippen molar-refractivity contribution < 1.29 is 27.8 Å². The molecule has 0 unspecified atom stereocenters. The Balaban J connectivity index is 1.64. The number of aryl methyl sites for hydroxylation is 1. The zero-order chi connectivity index (χ0) is 32.6. The van der Waals surface area contributed by atoms with E-state index in [9.17, 15) is 18.3 Å². The van der Waals surface area contributed by atoms with Gasteiger partial charge in [-0.2, -0.15) is 8.42 Å². The summed E-state index contributed by atoms with van der Waals surface area (Å²) in [5.74, 6) is -0.0941. The number of carbonyl (C=O) groups is 1. The van der Waals surface area contributed by atoms with Crippen LogP contribution in [0.3, 0.4) is 0 Å². The number of nitrogens with zero attached hydrogens (tertiary/aromatic N) is 5. The third-order valence-electron chi connectivity index (χ3n) is 7.95. The van der Waals surface area contributed by atoms with Gasteiger partial charge >= 0.3 is 0 Å². The van der Waals surface area contributed by atoms with E-state index in [2.05, 4.69) is 26.5 Å². The molecule has 1 aromatic carbocycles. The van der Waals surface area contributed by atoms with E-state index in [1.165, 1.54) is 18.6 Å². The minimum Gasteiger partial charge on any atom is -0.490 e. The van der Waals surface area contributed by atoms with E-state index in [-0.39, 0.29) is 46.9 Å². The number of amides is 1. The second kappa shape index (κ2) is 15.7. The van der Waals surface area contributed by atoms with Crippen LogP contribution in [0, 0.1) is 5.92 Å². The Kier molecular flexibility index (Phi) is 12.0. The molecule has 0 saturated carbocycles. The van der Waals surface area contributed by atoms with Crippen LogP contribution in [0.4, 0.5) is 5.69 Å². The predicted octanol–water partition coefficient (Wildman–Crippen LogP) is 3.54. The summed E-state index contributed by atoms with van der Waals surface area (Å²) in [6.45, 7) is 7.82. The molecule has 0 aliphatic carbocycles. The molecular formula is C32H46N6O6S. The Morgan fingerprint density at radius 1 is 1.18 bits per heavy atom. The van der Waals surface area contributed by atoms with E-state index in [1.54, 1.807) is 48.0 Å². The van der Waals surface area contributed by atoms with Crippen LogP contribution in [0.15, 0.2) is 60.3 Å². The molecule has 12 nitrogen and oxygen atoms in total. The number of aromatic nitrogens is 3. The van der Waals surface area contributed by atoms with Crippen LogP contribution in [0.1, 0.15) is 56.0 Å². The lowest BCUT2D eigenvalue weighted by Crippen LogP contribution is -2.47. The van der Waals surface area contributed by atoms with E-state index in [1.807, 2.05) is 26.1 Å². The summed E-state index contributed by atoms with van der Waals surface area (Å²) in [6.07, 6.45) is 8.49. The van der Waals surface area contributed by atoms with Gasteiger partial charge in [0.2, 0.25) is 0 Å². The van der Waals surface area contributed by atoms with E-state index >= 15 is 0 Å². The number of sulfonamides is 1. The molecule has 246 valence electrons. The largest absolute Gasteiger partial charge is 0.490 e. The first-order chi connectivity index (χ1) is 21.5. The number of hydrogen-bond donors (Lipinski definition) is 2. The highest BCUT2D eigenvalue weighted by molar-refractivity contribution is 7.92. The Morgan fingerprint density at radius 2 is 1.93 bits per heavy atom. The van der Waals surface area contributed by atoms with Crippen LogP contribution in [0.2, 0.25) is 0 Å². The normalized spacial score (nSPS) is 21.1. The van der Waals surface area contributed by atoms with Crippen molar-refractivity contribution in [3.05, 3.63) is 66.4 Å². The number of aliphatic hydroxyl groups excluding tert-OH is 1. The number of fused-ring (bicyclic) bond motifs is 1. The third-order valence-corrected chi connectivity index (χ3v) is 9.22. The molecule has 0 radical (unpaired) electrons. The van der Waals surface area contributed by atoms with Gasteiger partial charge in [-0.3, -0.25) is 19.4 Å². The number of benzene rings is 1. The van der Waals surface area contributed by atoms with Crippen molar-refractivity contribution in [2.75, 3.05) is 38.1 Å². The summed E-state index contributed by atoms with van der Waals surface area (Å²) in [4.78, 5) is 26.2. The number of carbonyl (C=O) groups excluding carboxylic acids is 1. The molecule has 4 atom stereocenters. The maximum atomic E-state index is 14.3. The van der Waals surface area contributed by atoms with E-state index in [0.717, 1.165) is 31.4 Å². The molecule has 1 aliphatic rings. The maximum absolute atomic E-state index is 14.3. The molecule has 13 heteroatoms.